The molecule has 0 saturated carbocycles. The number of hydrogen-bond donors (Lipinski definition) is 2. The Labute approximate surface area is 161 Å². The first-order valence-electron chi connectivity index (χ1n) is 8.87. The fourth-order valence-corrected chi connectivity index (χ4v) is 3.61. The highest BCUT2D eigenvalue weighted by atomic mass is 16.5. The number of nitrogens with one attached hydrogen (secondary N) is 1. The second-order valence-corrected chi connectivity index (χ2v) is 6.61. The van der Waals surface area contributed by atoms with E-state index in [4.69, 9.17) is 4.74 Å². The van der Waals surface area contributed by atoms with Gasteiger partial charge in [-0.1, -0.05) is 48.5 Å². The van der Waals surface area contributed by atoms with Crippen molar-refractivity contribution >= 4 is 17.7 Å². The summed E-state index contributed by atoms with van der Waals surface area (Å²) in [5.74, 6) is -1.27. The molecule has 6 nitrogen and oxygen atoms in total. The third-order valence-corrected chi connectivity index (χ3v) is 4.93. The molecule has 140 valence electrons. The summed E-state index contributed by atoms with van der Waals surface area (Å²) in [6.45, 7) is 1.86. The Kier molecular flexibility index (Phi) is 4.53. The van der Waals surface area contributed by atoms with Gasteiger partial charge in [0.05, 0.1) is 5.69 Å². The van der Waals surface area contributed by atoms with E-state index in [2.05, 4.69) is 22.4 Å². The topological polar surface area (TPSA) is 88.5 Å². The Hall–Kier alpha value is -3.67. The highest BCUT2D eigenvalue weighted by Gasteiger charge is 2.29. The van der Waals surface area contributed by atoms with E-state index in [0.29, 0.717) is 5.56 Å². The fraction of sp³-hybridized carbons (Fsp3) is 0.136. The number of aromatic nitrogens is 1. The lowest BCUT2D eigenvalue weighted by molar-refractivity contribution is 0.0691. The number of amides is 1. The van der Waals surface area contributed by atoms with Crippen molar-refractivity contribution < 1.29 is 19.4 Å². The first-order chi connectivity index (χ1) is 13.6. The van der Waals surface area contributed by atoms with Gasteiger partial charge in [-0.25, -0.2) is 14.6 Å². The lowest BCUT2D eigenvalue weighted by atomic mass is 9.98. The van der Waals surface area contributed by atoms with Crippen molar-refractivity contribution in [2.75, 3.05) is 11.9 Å². The van der Waals surface area contributed by atoms with Crippen LogP contribution in [0.15, 0.2) is 60.8 Å². The number of ether oxygens (including phenoxy) is 1. The molecular weight excluding hydrogens is 356 g/mol. The van der Waals surface area contributed by atoms with E-state index in [1.165, 1.54) is 6.20 Å². The second kappa shape index (κ2) is 7.15. The maximum Gasteiger partial charge on any atom is 0.411 e. The third kappa shape index (κ3) is 3.09. The Morgan fingerprint density at radius 3 is 2.25 bits per heavy atom. The monoisotopic (exact) mass is 374 g/mol. The molecule has 1 aliphatic rings. The van der Waals surface area contributed by atoms with Crippen LogP contribution in [0.3, 0.4) is 0 Å². The van der Waals surface area contributed by atoms with Gasteiger partial charge in [-0.3, -0.25) is 5.32 Å². The van der Waals surface area contributed by atoms with Gasteiger partial charge >= 0.3 is 12.1 Å². The molecule has 1 aromatic heterocycles. The number of fused-ring (bicyclic) bond motifs is 3. The zero-order valence-electron chi connectivity index (χ0n) is 15.2. The predicted octanol–water partition coefficient (Wildman–Crippen LogP) is 4.45. The predicted molar refractivity (Wildman–Crippen MR) is 105 cm³/mol. The zero-order valence-corrected chi connectivity index (χ0v) is 15.2. The van der Waals surface area contributed by atoms with E-state index in [9.17, 15) is 14.7 Å². The number of carbonyl (C=O) groups excluding carboxylic acids is 1. The molecule has 3 aromatic rings. The standard InChI is InChI=1S/C22H18N2O4/c1-13-10-11-23-20(21(25)26)19(13)24-22(27)28-12-18-16-8-4-2-6-14(16)15-7-3-5-9-17(15)18/h2-11,18H,12H2,1H3,(H,24,27)(H,25,26). The van der Waals surface area contributed by atoms with Crippen molar-refractivity contribution in [1.82, 2.24) is 4.98 Å². The Balaban J connectivity index is 1.53. The van der Waals surface area contributed by atoms with Gasteiger partial charge in [0.25, 0.3) is 0 Å². The van der Waals surface area contributed by atoms with Crippen molar-refractivity contribution in [3.05, 3.63) is 83.2 Å². The molecule has 4 rings (SSSR count). The van der Waals surface area contributed by atoms with Gasteiger partial charge < -0.3 is 9.84 Å². The highest BCUT2D eigenvalue weighted by Crippen LogP contribution is 2.44. The van der Waals surface area contributed by atoms with Gasteiger partial charge in [-0.15, -0.1) is 0 Å². The SMILES string of the molecule is Cc1ccnc(C(=O)O)c1NC(=O)OCC1c2ccccc2-c2ccccc21. The van der Waals surface area contributed by atoms with E-state index < -0.39 is 12.1 Å². The first-order valence-corrected chi connectivity index (χ1v) is 8.87. The van der Waals surface area contributed by atoms with Crippen molar-refractivity contribution in [2.24, 2.45) is 0 Å². The highest BCUT2D eigenvalue weighted by molar-refractivity contribution is 5.98. The molecule has 0 atom stereocenters. The molecule has 2 N–H and O–H groups in total. The number of aryl methyl sites for hydroxylation is 1. The summed E-state index contributed by atoms with van der Waals surface area (Å²) in [5.41, 5.74) is 5.04. The van der Waals surface area contributed by atoms with Gasteiger partial charge in [-0.05, 0) is 40.8 Å². The van der Waals surface area contributed by atoms with Crippen LogP contribution >= 0.6 is 0 Å². The Morgan fingerprint density at radius 1 is 1.04 bits per heavy atom. The fourth-order valence-electron chi connectivity index (χ4n) is 3.61. The number of nitrogens with zero attached hydrogens (tertiary/aromatic N) is 1. The molecule has 0 spiro atoms. The van der Waals surface area contributed by atoms with Crippen LogP contribution in [0.25, 0.3) is 11.1 Å². The molecule has 1 aliphatic carbocycles. The van der Waals surface area contributed by atoms with E-state index in [0.717, 1.165) is 22.3 Å². The molecule has 6 heteroatoms. The van der Waals surface area contributed by atoms with Crippen molar-refractivity contribution in [3.63, 3.8) is 0 Å². The molecule has 1 heterocycles. The van der Waals surface area contributed by atoms with Gasteiger partial charge in [0.2, 0.25) is 0 Å². The maximum atomic E-state index is 12.4. The number of hydrogen-bond acceptors (Lipinski definition) is 4. The van der Waals surface area contributed by atoms with Crippen LogP contribution in [0, 0.1) is 6.92 Å². The number of aromatic carboxylic acids is 1. The van der Waals surface area contributed by atoms with Crippen LogP contribution in [0.5, 0.6) is 0 Å². The van der Waals surface area contributed by atoms with Gasteiger partial charge in [0.15, 0.2) is 5.69 Å². The number of carboxylic acid groups (broad SMARTS) is 1. The van der Waals surface area contributed by atoms with Crippen LogP contribution < -0.4 is 5.32 Å². The molecule has 0 fully saturated rings. The summed E-state index contributed by atoms with van der Waals surface area (Å²) in [6, 6.07) is 17.7. The third-order valence-electron chi connectivity index (χ3n) is 4.93. The van der Waals surface area contributed by atoms with Crippen molar-refractivity contribution in [3.8, 4) is 11.1 Å². The van der Waals surface area contributed by atoms with Gasteiger partial charge in [0.1, 0.15) is 6.61 Å². The number of carboxylic acids is 1. The van der Waals surface area contributed by atoms with Crippen LogP contribution in [0.2, 0.25) is 0 Å². The van der Waals surface area contributed by atoms with E-state index in [-0.39, 0.29) is 23.9 Å². The average Bonchev–Trinajstić information content (AvgIpc) is 3.02. The molecule has 0 bridgehead atoms. The largest absolute Gasteiger partial charge is 0.476 e. The number of benzene rings is 2. The van der Waals surface area contributed by atoms with Crippen LogP contribution in [-0.2, 0) is 4.74 Å². The summed E-state index contributed by atoms with van der Waals surface area (Å²) in [7, 11) is 0. The van der Waals surface area contributed by atoms with Crippen LogP contribution in [0.1, 0.15) is 33.1 Å². The number of rotatable bonds is 4. The summed E-state index contributed by atoms with van der Waals surface area (Å²) in [6.07, 6.45) is 0.683. The molecule has 2 aromatic carbocycles. The summed E-state index contributed by atoms with van der Waals surface area (Å²) in [5, 5.41) is 11.8. The molecule has 28 heavy (non-hydrogen) atoms. The lowest BCUT2D eigenvalue weighted by Crippen LogP contribution is -2.20. The van der Waals surface area contributed by atoms with E-state index >= 15 is 0 Å². The minimum atomic E-state index is -1.21. The first kappa shape index (κ1) is 17.7. The van der Waals surface area contributed by atoms with Crippen molar-refractivity contribution in [2.45, 2.75) is 12.8 Å². The maximum absolute atomic E-state index is 12.4. The van der Waals surface area contributed by atoms with Crippen LogP contribution in [0.4, 0.5) is 10.5 Å². The van der Waals surface area contributed by atoms with Crippen molar-refractivity contribution in [1.29, 1.82) is 0 Å². The van der Waals surface area contributed by atoms with Crippen LogP contribution in [-0.4, -0.2) is 28.8 Å². The quantitative estimate of drug-likeness (QED) is 0.704. The number of carbonyl (C=O) groups is 2. The zero-order chi connectivity index (χ0) is 19.7. The molecule has 0 unspecified atom stereocenters. The van der Waals surface area contributed by atoms with Gasteiger partial charge in [0, 0.05) is 12.1 Å². The Morgan fingerprint density at radius 2 is 1.64 bits per heavy atom. The minimum absolute atomic E-state index is 0.0629. The molecule has 0 saturated heterocycles. The molecule has 1 amide bonds. The number of anilines is 1. The normalized spacial score (nSPS) is 12.2. The van der Waals surface area contributed by atoms with E-state index in [1.807, 2.05) is 36.4 Å². The molecular formula is C22H18N2O4. The lowest BCUT2D eigenvalue weighted by Gasteiger charge is -2.15. The summed E-state index contributed by atoms with van der Waals surface area (Å²) in [4.78, 5) is 27.5. The minimum Gasteiger partial charge on any atom is -0.476 e. The summed E-state index contributed by atoms with van der Waals surface area (Å²) < 4.78 is 5.46. The smallest absolute Gasteiger partial charge is 0.411 e. The second-order valence-electron chi connectivity index (χ2n) is 6.61. The van der Waals surface area contributed by atoms with Gasteiger partial charge in [-0.2, -0.15) is 0 Å². The number of pyridine rings is 1. The molecule has 0 radical (unpaired) electrons. The Bertz CT molecular complexity index is 1030. The van der Waals surface area contributed by atoms with E-state index in [1.54, 1.807) is 13.0 Å². The summed E-state index contributed by atoms with van der Waals surface area (Å²) >= 11 is 0. The molecule has 0 aliphatic heterocycles. The average molecular weight is 374 g/mol.